The quantitative estimate of drug-likeness (QED) is 0.806. The molecule has 0 spiro atoms. The number of rotatable bonds is 2. The minimum atomic E-state index is -1.47. The van der Waals surface area contributed by atoms with Crippen molar-refractivity contribution in [3.05, 3.63) is 27.7 Å². The average molecular weight is 275 g/mol. The number of ether oxygens (including phenoxy) is 1. The van der Waals surface area contributed by atoms with Gasteiger partial charge < -0.3 is 14.9 Å². The van der Waals surface area contributed by atoms with Gasteiger partial charge >= 0.3 is 5.97 Å². The van der Waals surface area contributed by atoms with Gasteiger partial charge in [0.1, 0.15) is 5.75 Å². The molecule has 0 radical (unpaired) electrons. The lowest BCUT2D eigenvalue weighted by atomic mass is 10.1. The van der Waals surface area contributed by atoms with Gasteiger partial charge in [0, 0.05) is 5.56 Å². The average Bonchev–Trinajstić information content (AvgIpc) is 2.24. The topological polar surface area (TPSA) is 66.8 Å². The summed E-state index contributed by atoms with van der Waals surface area (Å²) in [6.45, 7) is 1.79. The maximum absolute atomic E-state index is 11.1. The van der Waals surface area contributed by atoms with Crippen LogP contribution in [0.25, 0.3) is 0 Å². The lowest BCUT2D eigenvalue weighted by Crippen LogP contribution is -2.13. The molecule has 1 aromatic carbocycles. The van der Waals surface area contributed by atoms with Crippen molar-refractivity contribution in [3.8, 4) is 5.75 Å². The summed E-state index contributed by atoms with van der Waals surface area (Å²) in [6.07, 6.45) is -1.47. The molecule has 15 heavy (non-hydrogen) atoms. The van der Waals surface area contributed by atoms with Crippen LogP contribution < -0.4 is 0 Å². The molecule has 0 aliphatic heterocycles. The van der Waals surface area contributed by atoms with Crippen LogP contribution in [0.1, 0.15) is 17.2 Å². The number of aryl methyl sites for hydroxylation is 1. The third-order valence-electron chi connectivity index (χ3n) is 2.06. The van der Waals surface area contributed by atoms with Gasteiger partial charge in [-0.25, -0.2) is 4.79 Å². The number of carbonyl (C=O) groups excluding carboxylic acids is 1. The van der Waals surface area contributed by atoms with Crippen LogP contribution in [-0.2, 0) is 9.53 Å². The Kier molecular flexibility index (Phi) is 3.71. The molecule has 0 aromatic heterocycles. The van der Waals surface area contributed by atoms with Crippen molar-refractivity contribution in [2.24, 2.45) is 0 Å². The fourth-order valence-electron chi connectivity index (χ4n) is 1.14. The Balaban J connectivity index is 3.16. The summed E-state index contributed by atoms with van der Waals surface area (Å²) in [5.41, 5.74) is 0.938. The summed E-state index contributed by atoms with van der Waals surface area (Å²) in [4.78, 5) is 11.1. The molecule has 0 aliphatic carbocycles. The predicted octanol–water partition coefficient (Wildman–Crippen LogP) is 1.67. The van der Waals surface area contributed by atoms with Crippen LogP contribution in [0, 0.1) is 6.92 Å². The van der Waals surface area contributed by atoms with E-state index in [9.17, 15) is 15.0 Å². The van der Waals surface area contributed by atoms with E-state index >= 15 is 0 Å². The van der Waals surface area contributed by atoms with Crippen molar-refractivity contribution in [3.63, 3.8) is 0 Å². The van der Waals surface area contributed by atoms with E-state index in [0.29, 0.717) is 4.47 Å². The minimum absolute atomic E-state index is 0.124. The number of aliphatic hydroxyl groups excluding tert-OH is 1. The molecule has 82 valence electrons. The number of carbonyl (C=O) groups is 1. The number of methoxy groups -OCH3 is 1. The lowest BCUT2D eigenvalue weighted by molar-refractivity contribution is -0.150. The lowest BCUT2D eigenvalue weighted by Gasteiger charge is -2.12. The molecule has 0 saturated heterocycles. The molecule has 1 unspecified atom stereocenters. The van der Waals surface area contributed by atoms with Crippen molar-refractivity contribution in [1.29, 1.82) is 0 Å². The van der Waals surface area contributed by atoms with E-state index in [4.69, 9.17) is 0 Å². The predicted molar refractivity (Wildman–Crippen MR) is 57.5 cm³/mol. The van der Waals surface area contributed by atoms with Crippen molar-refractivity contribution in [2.75, 3.05) is 7.11 Å². The smallest absolute Gasteiger partial charge is 0.339 e. The molecule has 1 atom stereocenters. The van der Waals surface area contributed by atoms with Crippen LogP contribution in [0.2, 0.25) is 0 Å². The van der Waals surface area contributed by atoms with Crippen molar-refractivity contribution in [1.82, 2.24) is 0 Å². The summed E-state index contributed by atoms with van der Waals surface area (Å²) in [6, 6.07) is 3.17. The maximum atomic E-state index is 11.1. The van der Waals surface area contributed by atoms with Gasteiger partial charge in [-0.3, -0.25) is 0 Å². The number of halogens is 1. The highest BCUT2D eigenvalue weighted by Crippen LogP contribution is 2.34. The van der Waals surface area contributed by atoms with Crippen LogP contribution in [0.3, 0.4) is 0 Å². The van der Waals surface area contributed by atoms with Gasteiger partial charge in [-0.2, -0.15) is 0 Å². The number of hydrogen-bond acceptors (Lipinski definition) is 4. The molecule has 0 fully saturated rings. The number of aliphatic hydroxyl groups is 1. The molecule has 5 heteroatoms. The first-order chi connectivity index (χ1) is 6.99. The first-order valence-corrected chi connectivity index (χ1v) is 5.02. The van der Waals surface area contributed by atoms with Crippen LogP contribution in [-0.4, -0.2) is 23.3 Å². The van der Waals surface area contributed by atoms with Crippen LogP contribution in [0.15, 0.2) is 16.6 Å². The summed E-state index contributed by atoms with van der Waals surface area (Å²) in [5, 5.41) is 19.2. The molecule has 0 heterocycles. The van der Waals surface area contributed by atoms with Crippen molar-refractivity contribution in [2.45, 2.75) is 13.0 Å². The van der Waals surface area contributed by atoms with Crippen molar-refractivity contribution < 1.29 is 19.7 Å². The van der Waals surface area contributed by atoms with E-state index in [1.165, 1.54) is 13.2 Å². The second kappa shape index (κ2) is 4.63. The Morgan fingerprint density at radius 3 is 2.67 bits per heavy atom. The number of esters is 1. The number of aromatic hydroxyl groups is 1. The molecular weight excluding hydrogens is 264 g/mol. The summed E-state index contributed by atoms with van der Waals surface area (Å²) in [5.74, 6) is -0.950. The largest absolute Gasteiger partial charge is 0.506 e. The van der Waals surface area contributed by atoms with Crippen LogP contribution in [0.4, 0.5) is 0 Å². The summed E-state index contributed by atoms with van der Waals surface area (Å²) >= 11 is 3.16. The Morgan fingerprint density at radius 2 is 2.13 bits per heavy atom. The molecule has 2 N–H and O–H groups in total. The Bertz CT molecular complexity index is 389. The fourth-order valence-corrected chi connectivity index (χ4v) is 1.50. The molecule has 0 amide bonds. The summed E-state index contributed by atoms with van der Waals surface area (Å²) in [7, 11) is 1.17. The Hall–Kier alpha value is -1.07. The van der Waals surface area contributed by atoms with Gasteiger partial charge in [0.2, 0.25) is 0 Å². The zero-order valence-corrected chi connectivity index (χ0v) is 9.91. The third kappa shape index (κ3) is 2.30. The van der Waals surface area contributed by atoms with Gasteiger partial charge in [0.25, 0.3) is 0 Å². The second-order valence-electron chi connectivity index (χ2n) is 3.06. The molecule has 1 rings (SSSR count). The van der Waals surface area contributed by atoms with E-state index in [-0.39, 0.29) is 11.3 Å². The van der Waals surface area contributed by atoms with Gasteiger partial charge in [-0.1, -0.05) is 12.1 Å². The highest BCUT2D eigenvalue weighted by atomic mass is 79.9. The first kappa shape index (κ1) is 12.0. The van der Waals surface area contributed by atoms with Gasteiger partial charge in [-0.05, 0) is 28.4 Å². The van der Waals surface area contributed by atoms with Gasteiger partial charge in [0.15, 0.2) is 6.10 Å². The van der Waals surface area contributed by atoms with E-state index < -0.39 is 12.1 Å². The van der Waals surface area contributed by atoms with Gasteiger partial charge in [0.05, 0.1) is 11.6 Å². The molecule has 1 aromatic rings. The number of phenols is 1. The zero-order chi connectivity index (χ0) is 11.6. The number of hydrogen-bond donors (Lipinski definition) is 2. The highest BCUT2D eigenvalue weighted by molar-refractivity contribution is 9.10. The van der Waals surface area contributed by atoms with Crippen LogP contribution >= 0.6 is 15.9 Å². The molecule has 0 aliphatic rings. The molecule has 0 saturated carbocycles. The Labute approximate surface area is 95.6 Å². The standard InChI is InChI=1S/C10H11BrO4/c1-5-3-4-6(8(12)7(5)11)9(13)10(14)15-2/h3-4,9,12-13H,1-2H3. The zero-order valence-electron chi connectivity index (χ0n) is 8.32. The van der Waals surface area contributed by atoms with E-state index in [1.54, 1.807) is 13.0 Å². The first-order valence-electron chi connectivity index (χ1n) is 4.23. The third-order valence-corrected chi connectivity index (χ3v) is 3.06. The molecule has 0 bridgehead atoms. The maximum Gasteiger partial charge on any atom is 0.339 e. The monoisotopic (exact) mass is 274 g/mol. The minimum Gasteiger partial charge on any atom is -0.506 e. The normalized spacial score (nSPS) is 12.3. The Morgan fingerprint density at radius 1 is 1.53 bits per heavy atom. The highest BCUT2D eigenvalue weighted by Gasteiger charge is 2.22. The van der Waals surface area contributed by atoms with E-state index in [1.807, 2.05) is 0 Å². The molecular formula is C10H11BrO4. The molecule has 4 nitrogen and oxygen atoms in total. The van der Waals surface area contributed by atoms with E-state index in [0.717, 1.165) is 5.56 Å². The number of phenolic OH excluding ortho intramolecular Hbond substituents is 1. The van der Waals surface area contributed by atoms with Crippen LogP contribution in [0.5, 0.6) is 5.75 Å². The SMILES string of the molecule is COC(=O)C(O)c1ccc(C)c(Br)c1O. The fraction of sp³-hybridized carbons (Fsp3) is 0.300. The van der Waals surface area contributed by atoms with Gasteiger partial charge in [-0.15, -0.1) is 0 Å². The van der Waals surface area contributed by atoms with Crippen molar-refractivity contribution >= 4 is 21.9 Å². The van der Waals surface area contributed by atoms with E-state index in [2.05, 4.69) is 20.7 Å². The second-order valence-corrected chi connectivity index (χ2v) is 3.85. The summed E-state index contributed by atoms with van der Waals surface area (Å²) < 4.78 is 4.84. The number of benzene rings is 1.